The lowest BCUT2D eigenvalue weighted by atomic mass is 10.1. The molecule has 0 fully saturated rings. The van der Waals surface area contributed by atoms with Gasteiger partial charge in [0, 0.05) is 12.1 Å². The van der Waals surface area contributed by atoms with Gasteiger partial charge in [-0.25, -0.2) is 0 Å². The molecule has 1 aliphatic rings. The molecular formula is C30H40N2O6+2. The Balaban J connectivity index is 1.47. The number of para-hydroxylation sites is 1. The number of benzene rings is 2. The normalized spacial score (nSPS) is 16.8. The third-order valence-corrected chi connectivity index (χ3v) is 6.12. The Kier molecular flexibility index (Phi) is 11.8. The molecule has 0 spiro atoms. The lowest BCUT2D eigenvalue weighted by Gasteiger charge is -2.14. The molecule has 1 aliphatic heterocycles. The molecule has 0 saturated heterocycles. The first-order valence-corrected chi connectivity index (χ1v) is 13.4. The average Bonchev–Trinajstić information content (AvgIpc) is 2.95. The predicted octanol–water partition coefficient (Wildman–Crippen LogP) is 2.77. The van der Waals surface area contributed by atoms with E-state index in [1.165, 1.54) is 16.5 Å². The number of fused-ring (bicyclic) bond motifs is 2. The summed E-state index contributed by atoms with van der Waals surface area (Å²) in [5, 5.41) is 1.22. The van der Waals surface area contributed by atoms with Crippen LogP contribution in [0.15, 0.2) is 54.7 Å². The number of rotatable bonds is 5. The van der Waals surface area contributed by atoms with E-state index in [0.717, 1.165) is 25.1 Å². The van der Waals surface area contributed by atoms with Gasteiger partial charge >= 0.3 is 0 Å². The Morgan fingerprint density at radius 2 is 1.32 bits per heavy atom. The molecule has 0 bridgehead atoms. The molecule has 38 heavy (non-hydrogen) atoms. The van der Waals surface area contributed by atoms with Crippen LogP contribution in [-0.2, 0) is 25.5 Å². The Morgan fingerprint density at radius 3 is 2.00 bits per heavy atom. The van der Waals surface area contributed by atoms with E-state index in [-0.39, 0.29) is 0 Å². The number of quaternary nitrogens is 1. The lowest BCUT2D eigenvalue weighted by Crippen LogP contribution is -2.51. The summed E-state index contributed by atoms with van der Waals surface area (Å²) < 4.78 is 36.5. The monoisotopic (exact) mass is 524 g/mol. The predicted molar refractivity (Wildman–Crippen MR) is 146 cm³/mol. The third kappa shape index (κ3) is 8.79. The fraction of sp³-hybridized carbons (Fsp3) is 0.433. The molecule has 8 heteroatoms. The van der Waals surface area contributed by atoms with E-state index in [2.05, 4.69) is 59.0 Å². The molecule has 8 nitrogen and oxygen atoms in total. The van der Waals surface area contributed by atoms with Crippen LogP contribution in [0.3, 0.4) is 0 Å². The van der Waals surface area contributed by atoms with Crippen molar-refractivity contribution in [2.45, 2.75) is 13.0 Å². The lowest BCUT2D eigenvalue weighted by molar-refractivity contribution is -0.674. The zero-order valence-corrected chi connectivity index (χ0v) is 22.1. The minimum atomic E-state index is 0.416. The molecule has 0 saturated carbocycles. The summed E-state index contributed by atoms with van der Waals surface area (Å²) in [5.74, 6) is 1.36. The molecule has 0 aliphatic carbocycles. The second-order valence-corrected chi connectivity index (χ2v) is 8.87. The summed E-state index contributed by atoms with van der Waals surface area (Å²) in [4.78, 5) is 0. The van der Waals surface area contributed by atoms with Crippen molar-refractivity contribution >= 4 is 23.1 Å². The van der Waals surface area contributed by atoms with Gasteiger partial charge in [0.25, 0.3) is 0 Å². The van der Waals surface area contributed by atoms with Crippen LogP contribution in [0, 0.1) is 0 Å². The van der Waals surface area contributed by atoms with Crippen LogP contribution in [0.1, 0.15) is 17.5 Å². The molecule has 0 unspecified atom stereocenters. The fourth-order valence-corrected chi connectivity index (χ4v) is 4.16. The summed E-state index contributed by atoms with van der Waals surface area (Å²) in [5.41, 5.74) is 7.39. The molecule has 0 radical (unpaired) electrons. The number of ether oxygens (including phenoxy) is 6. The van der Waals surface area contributed by atoms with E-state index in [4.69, 9.17) is 28.4 Å². The van der Waals surface area contributed by atoms with Gasteiger partial charge in [-0.05, 0) is 29.3 Å². The van der Waals surface area contributed by atoms with Crippen LogP contribution in [0.5, 0.6) is 11.5 Å². The third-order valence-electron chi connectivity index (χ3n) is 6.12. The van der Waals surface area contributed by atoms with Crippen molar-refractivity contribution in [2.24, 2.45) is 0 Å². The maximum atomic E-state index is 6.06. The number of pyridine rings is 1. The van der Waals surface area contributed by atoms with Crippen LogP contribution in [0.2, 0.25) is 0 Å². The van der Waals surface area contributed by atoms with Crippen molar-refractivity contribution in [3.8, 4) is 11.5 Å². The Bertz CT molecular complexity index is 1150. The van der Waals surface area contributed by atoms with E-state index in [0.29, 0.717) is 77.6 Å². The summed E-state index contributed by atoms with van der Waals surface area (Å²) in [6.07, 6.45) is 7.47. The standard InChI is InChI=1S/C30H39N2O6/c31-11-3-12-32-13-10-26(27-4-1-2-5-28(27)32)8-6-25-7-9-29-30(24-25)38-23-21-36-19-17-34-15-14-33-16-18-35-20-22-37-29/h1-2,4-10,13,24H,3,11-12,14-23,31H2/q+1/p+1/b8-6+. The van der Waals surface area contributed by atoms with Gasteiger partial charge in [-0.3, -0.25) is 0 Å². The summed E-state index contributed by atoms with van der Waals surface area (Å²) in [7, 11) is 0. The summed E-state index contributed by atoms with van der Waals surface area (Å²) >= 11 is 0. The van der Waals surface area contributed by atoms with Gasteiger partial charge in [-0.2, -0.15) is 4.57 Å². The quantitative estimate of drug-likeness (QED) is 0.517. The van der Waals surface area contributed by atoms with Crippen molar-refractivity contribution in [3.05, 3.63) is 65.9 Å². The van der Waals surface area contributed by atoms with Gasteiger partial charge < -0.3 is 34.2 Å². The summed E-state index contributed by atoms with van der Waals surface area (Å²) in [6.45, 7) is 6.85. The van der Waals surface area contributed by atoms with Crippen molar-refractivity contribution in [3.63, 3.8) is 0 Å². The van der Waals surface area contributed by atoms with Crippen LogP contribution in [-0.4, -0.2) is 72.6 Å². The Labute approximate surface area is 224 Å². The molecular weight excluding hydrogens is 484 g/mol. The zero-order valence-electron chi connectivity index (χ0n) is 22.1. The van der Waals surface area contributed by atoms with E-state index < -0.39 is 0 Å². The number of aromatic nitrogens is 1. The topological polar surface area (TPSA) is 86.9 Å². The number of hydrogen-bond acceptors (Lipinski definition) is 6. The van der Waals surface area contributed by atoms with Gasteiger partial charge in [-0.15, -0.1) is 0 Å². The van der Waals surface area contributed by atoms with Crippen LogP contribution < -0.4 is 19.8 Å². The first-order valence-electron chi connectivity index (χ1n) is 13.4. The first-order chi connectivity index (χ1) is 18.8. The van der Waals surface area contributed by atoms with Crippen molar-refractivity contribution in [2.75, 3.05) is 72.6 Å². The van der Waals surface area contributed by atoms with Gasteiger partial charge in [0.05, 0.1) is 71.2 Å². The largest absolute Gasteiger partial charge is 0.487 e. The number of nitrogens with zero attached hydrogens (tertiary/aromatic N) is 1. The number of hydrogen-bond donors (Lipinski definition) is 1. The van der Waals surface area contributed by atoms with Crippen LogP contribution >= 0.6 is 0 Å². The second kappa shape index (κ2) is 16.1. The molecule has 204 valence electrons. The van der Waals surface area contributed by atoms with E-state index in [1.54, 1.807) is 0 Å². The minimum absolute atomic E-state index is 0.416. The SMILES string of the molecule is [NH3+]CCC[n+]1ccc(/C=C/c2ccc3c(c2)OCCOCCOCCOCCOCCO3)c2ccccc21. The van der Waals surface area contributed by atoms with Crippen LogP contribution in [0.4, 0.5) is 0 Å². The molecule has 2 heterocycles. The summed E-state index contributed by atoms with van der Waals surface area (Å²) in [6, 6.07) is 16.7. The van der Waals surface area contributed by atoms with E-state index in [1.807, 2.05) is 18.2 Å². The highest BCUT2D eigenvalue weighted by Crippen LogP contribution is 2.29. The van der Waals surface area contributed by atoms with Crippen molar-refractivity contribution < 1.29 is 38.7 Å². The second-order valence-electron chi connectivity index (χ2n) is 8.87. The maximum absolute atomic E-state index is 6.06. The first kappa shape index (κ1) is 28.0. The van der Waals surface area contributed by atoms with Gasteiger partial charge in [0.1, 0.15) is 13.2 Å². The molecule has 1 aromatic heterocycles. The highest BCUT2D eigenvalue weighted by atomic mass is 16.6. The minimum Gasteiger partial charge on any atom is -0.487 e. The highest BCUT2D eigenvalue weighted by Gasteiger charge is 2.11. The smallest absolute Gasteiger partial charge is 0.213 e. The van der Waals surface area contributed by atoms with Gasteiger partial charge in [0.15, 0.2) is 24.2 Å². The molecule has 3 aromatic rings. The zero-order chi connectivity index (χ0) is 26.3. The van der Waals surface area contributed by atoms with E-state index >= 15 is 0 Å². The highest BCUT2D eigenvalue weighted by molar-refractivity contribution is 5.88. The van der Waals surface area contributed by atoms with E-state index in [9.17, 15) is 0 Å². The molecule has 2 aromatic carbocycles. The van der Waals surface area contributed by atoms with Crippen molar-refractivity contribution in [1.82, 2.24) is 0 Å². The molecule has 3 N–H and O–H groups in total. The molecule has 0 atom stereocenters. The fourth-order valence-electron chi connectivity index (χ4n) is 4.16. The van der Waals surface area contributed by atoms with Gasteiger partial charge in [0.2, 0.25) is 5.52 Å². The van der Waals surface area contributed by atoms with Crippen LogP contribution in [0.25, 0.3) is 23.1 Å². The average molecular weight is 525 g/mol. The Hall–Kier alpha value is -3.01. The number of aryl methyl sites for hydroxylation is 1. The Morgan fingerprint density at radius 1 is 0.684 bits per heavy atom. The maximum Gasteiger partial charge on any atom is 0.213 e. The van der Waals surface area contributed by atoms with Gasteiger partial charge in [-0.1, -0.05) is 30.4 Å². The molecule has 4 rings (SSSR count). The van der Waals surface area contributed by atoms with Crippen molar-refractivity contribution in [1.29, 1.82) is 0 Å². The molecule has 0 amide bonds.